The molecule has 0 saturated heterocycles. The molecule has 0 atom stereocenters. The summed E-state index contributed by atoms with van der Waals surface area (Å²) in [6, 6.07) is 5.59. The molecule has 114 valence electrons. The van der Waals surface area contributed by atoms with E-state index in [1.165, 1.54) is 11.3 Å². The van der Waals surface area contributed by atoms with Gasteiger partial charge in [-0.05, 0) is 56.6 Å². The number of likely N-dealkylation sites (N-methyl/N-ethyl adjacent to an activating group) is 1. The predicted molar refractivity (Wildman–Crippen MR) is 89.5 cm³/mol. The summed E-state index contributed by atoms with van der Waals surface area (Å²) in [4.78, 5) is 0. The first-order valence-electron chi connectivity index (χ1n) is 7.20. The van der Waals surface area contributed by atoms with Crippen LogP contribution in [0, 0.1) is 13.8 Å². The van der Waals surface area contributed by atoms with Crippen LogP contribution in [0.1, 0.15) is 29.4 Å². The van der Waals surface area contributed by atoms with Gasteiger partial charge in [0.05, 0.1) is 12.2 Å². The molecule has 1 heterocycles. The number of benzene rings is 1. The van der Waals surface area contributed by atoms with Crippen molar-refractivity contribution in [2.24, 2.45) is 0 Å². The van der Waals surface area contributed by atoms with Gasteiger partial charge in [-0.2, -0.15) is 5.10 Å². The van der Waals surface area contributed by atoms with E-state index in [4.69, 9.17) is 23.2 Å². The van der Waals surface area contributed by atoms with E-state index >= 15 is 0 Å². The molecule has 0 saturated carbocycles. The number of hydrogen-bond acceptors (Lipinski definition) is 2. The number of hydrogen-bond donors (Lipinski definition) is 1. The van der Waals surface area contributed by atoms with Crippen molar-refractivity contribution in [3.63, 3.8) is 0 Å². The van der Waals surface area contributed by atoms with Gasteiger partial charge in [-0.15, -0.1) is 0 Å². The number of nitrogens with one attached hydrogen (secondary N) is 1. The first kappa shape index (κ1) is 16.3. The van der Waals surface area contributed by atoms with Crippen LogP contribution in [-0.2, 0) is 13.0 Å². The highest BCUT2D eigenvalue weighted by Crippen LogP contribution is 2.23. The molecule has 3 nitrogen and oxygen atoms in total. The molecular weight excluding hydrogens is 305 g/mol. The van der Waals surface area contributed by atoms with E-state index in [9.17, 15) is 0 Å². The van der Waals surface area contributed by atoms with E-state index in [1.54, 1.807) is 6.07 Å². The van der Waals surface area contributed by atoms with Gasteiger partial charge in [-0.25, -0.2) is 0 Å². The SMILES string of the molecule is CCNCCc1c(C)nn(Cc2ccc(Cl)cc2Cl)c1C. The third kappa shape index (κ3) is 4.00. The minimum absolute atomic E-state index is 0.656. The molecule has 0 fully saturated rings. The van der Waals surface area contributed by atoms with Gasteiger partial charge in [0.1, 0.15) is 0 Å². The summed E-state index contributed by atoms with van der Waals surface area (Å²) in [5, 5.41) is 9.34. The molecule has 2 rings (SSSR count). The lowest BCUT2D eigenvalue weighted by molar-refractivity contribution is 0.656. The molecule has 21 heavy (non-hydrogen) atoms. The van der Waals surface area contributed by atoms with Gasteiger partial charge >= 0.3 is 0 Å². The molecule has 0 bridgehead atoms. The van der Waals surface area contributed by atoms with Crippen LogP contribution in [0.4, 0.5) is 0 Å². The monoisotopic (exact) mass is 325 g/mol. The Kier molecular flexibility index (Phi) is 5.68. The normalized spacial score (nSPS) is 11.1. The predicted octanol–water partition coefficient (Wildman–Crippen LogP) is 4.01. The van der Waals surface area contributed by atoms with Crippen LogP contribution in [-0.4, -0.2) is 22.9 Å². The van der Waals surface area contributed by atoms with E-state index < -0.39 is 0 Å². The second kappa shape index (κ2) is 7.30. The smallest absolute Gasteiger partial charge is 0.0677 e. The molecule has 2 aromatic rings. The van der Waals surface area contributed by atoms with Crippen molar-refractivity contribution >= 4 is 23.2 Å². The van der Waals surface area contributed by atoms with Crippen LogP contribution in [0.5, 0.6) is 0 Å². The summed E-state index contributed by atoms with van der Waals surface area (Å²) in [5.41, 5.74) is 4.65. The average Bonchev–Trinajstić information content (AvgIpc) is 2.69. The second-order valence-electron chi connectivity index (χ2n) is 5.15. The van der Waals surface area contributed by atoms with E-state index in [2.05, 4.69) is 31.2 Å². The molecule has 1 aromatic carbocycles. The van der Waals surface area contributed by atoms with Crippen molar-refractivity contribution in [2.75, 3.05) is 13.1 Å². The fraction of sp³-hybridized carbons (Fsp3) is 0.438. The zero-order valence-electron chi connectivity index (χ0n) is 12.7. The van der Waals surface area contributed by atoms with Crippen LogP contribution in [0.15, 0.2) is 18.2 Å². The van der Waals surface area contributed by atoms with E-state index in [0.717, 1.165) is 30.8 Å². The lowest BCUT2D eigenvalue weighted by Crippen LogP contribution is -2.16. The Morgan fingerprint density at radius 1 is 1.24 bits per heavy atom. The lowest BCUT2D eigenvalue weighted by Gasteiger charge is -2.08. The lowest BCUT2D eigenvalue weighted by atomic mass is 10.1. The molecule has 0 aliphatic carbocycles. The minimum Gasteiger partial charge on any atom is -0.317 e. The largest absolute Gasteiger partial charge is 0.317 e. The van der Waals surface area contributed by atoms with Crippen LogP contribution in [0.2, 0.25) is 10.0 Å². The van der Waals surface area contributed by atoms with Crippen LogP contribution < -0.4 is 5.32 Å². The quantitative estimate of drug-likeness (QED) is 0.813. The van der Waals surface area contributed by atoms with Gasteiger partial charge < -0.3 is 5.32 Å². The van der Waals surface area contributed by atoms with E-state index in [-0.39, 0.29) is 0 Å². The van der Waals surface area contributed by atoms with Crippen LogP contribution in [0.3, 0.4) is 0 Å². The van der Waals surface area contributed by atoms with Gasteiger partial charge in [0.25, 0.3) is 0 Å². The Bertz CT molecular complexity index is 620. The third-order valence-corrected chi connectivity index (χ3v) is 4.26. The van der Waals surface area contributed by atoms with Gasteiger partial charge in [0.15, 0.2) is 0 Å². The first-order chi connectivity index (χ1) is 10.0. The van der Waals surface area contributed by atoms with Gasteiger partial charge in [0, 0.05) is 15.7 Å². The maximum atomic E-state index is 6.25. The molecule has 0 radical (unpaired) electrons. The highest BCUT2D eigenvalue weighted by molar-refractivity contribution is 6.35. The highest BCUT2D eigenvalue weighted by atomic mass is 35.5. The number of nitrogens with zero attached hydrogens (tertiary/aromatic N) is 2. The van der Waals surface area contributed by atoms with Crippen LogP contribution >= 0.6 is 23.2 Å². The summed E-state index contributed by atoms with van der Waals surface area (Å²) < 4.78 is 2.02. The standard InChI is InChI=1S/C16H21Cl2N3/c1-4-19-8-7-15-11(2)20-21(12(15)3)10-13-5-6-14(17)9-16(13)18/h5-6,9,19H,4,7-8,10H2,1-3H3. The third-order valence-electron chi connectivity index (χ3n) is 3.67. The Labute approximate surface area is 136 Å². The maximum Gasteiger partial charge on any atom is 0.0677 e. The molecule has 0 amide bonds. The Morgan fingerprint density at radius 3 is 2.67 bits per heavy atom. The average molecular weight is 326 g/mol. The molecule has 5 heteroatoms. The topological polar surface area (TPSA) is 29.9 Å². The summed E-state index contributed by atoms with van der Waals surface area (Å²) in [7, 11) is 0. The van der Waals surface area contributed by atoms with Gasteiger partial charge in [-0.3, -0.25) is 4.68 Å². The van der Waals surface area contributed by atoms with Crippen molar-refractivity contribution in [3.8, 4) is 0 Å². The summed E-state index contributed by atoms with van der Waals surface area (Å²) in [6.07, 6.45) is 1.000. The van der Waals surface area contributed by atoms with Crippen molar-refractivity contribution in [1.82, 2.24) is 15.1 Å². The summed E-state index contributed by atoms with van der Waals surface area (Å²) in [6.45, 7) is 8.94. The fourth-order valence-corrected chi connectivity index (χ4v) is 2.92. The molecule has 1 N–H and O–H groups in total. The van der Waals surface area contributed by atoms with Gasteiger partial charge in [0.2, 0.25) is 0 Å². The number of halogens is 2. The molecule has 1 aromatic heterocycles. The Hall–Kier alpha value is -1.03. The summed E-state index contributed by atoms with van der Waals surface area (Å²) >= 11 is 12.2. The van der Waals surface area contributed by atoms with Crippen molar-refractivity contribution in [1.29, 1.82) is 0 Å². The van der Waals surface area contributed by atoms with Crippen LogP contribution in [0.25, 0.3) is 0 Å². The second-order valence-corrected chi connectivity index (χ2v) is 5.99. The van der Waals surface area contributed by atoms with Crippen molar-refractivity contribution in [2.45, 2.75) is 33.7 Å². The maximum absolute atomic E-state index is 6.25. The van der Waals surface area contributed by atoms with Crippen molar-refractivity contribution < 1.29 is 0 Å². The molecule has 0 spiro atoms. The zero-order chi connectivity index (χ0) is 15.4. The van der Waals surface area contributed by atoms with E-state index in [1.807, 2.05) is 16.8 Å². The summed E-state index contributed by atoms with van der Waals surface area (Å²) in [5.74, 6) is 0. The zero-order valence-corrected chi connectivity index (χ0v) is 14.2. The van der Waals surface area contributed by atoms with E-state index in [0.29, 0.717) is 16.6 Å². The molecular formula is C16H21Cl2N3. The number of aryl methyl sites for hydroxylation is 1. The fourth-order valence-electron chi connectivity index (χ4n) is 2.45. The number of aromatic nitrogens is 2. The highest BCUT2D eigenvalue weighted by Gasteiger charge is 2.12. The molecule has 0 aliphatic rings. The molecule has 0 unspecified atom stereocenters. The van der Waals surface area contributed by atoms with Gasteiger partial charge in [-0.1, -0.05) is 36.2 Å². The Morgan fingerprint density at radius 2 is 2.00 bits per heavy atom. The minimum atomic E-state index is 0.656. The Balaban J connectivity index is 2.19. The first-order valence-corrected chi connectivity index (χ1v) is 7.96. The number of rotatable bonds is 6. The van der Waals surface area contributed by atoms with Crippen molar-refractivity contribution in [3.05, 3.63) is 50.8 Å². The molecule has 0 aliphatic heterocycles.